The Kier molecular flexibility index (Phi) is 4.90. The summed E-state index contributed by atoms with van der Waals surface area (Å²) in [4.78, 5) is -0.626. The first-order valence-corrected chi connectivity index (χ1v) is 8.82. The quantitative estimate of drug-likeness (QED) is 0.791. The first-order valence-electron chi connectivity index (χ1n) is 6.84. The molecule has 0 spiro atoms. The molecule has 1 saturated heterocycles. The van der Waals surface area contributed by atoms with Crippen LogP contribution in [0.2, 0.25) is 0 Å². The first kappa shape index (κ1) is 16.6. The first-order chi connectivity index (χ1) is 9.78. The molecular formula is C14H18ClF2NO2S. The summed E-state index contributed by atoms with van der Waals surface area (Å²) < 4.78 is 54.1. The highest BCUT2D eigenvalue weighted by Gasteiger charge is 2.36. The molecule has 2 atom stereocenters. The van der Waals surface area contributed by atoms with Crippen LogP contribution in [0, 0.1) is 17.6 Å². The molecule has 0 bridgehead atoms. The molecule has 3 nitrogen and oxygen atoms in total. The van der Waals surface area contributed by atoms with Crippen LogP contribution in [0.4, 0.5) is 8.78 Å². The number of benzene rings is 1. The topological polar surface area (TPSA) is 37.4 Å². The molecule has 2 rings (SSSR count). The molecule has 1 heterocycles. The van der Waals surface area contributed by atoms with Gasteiger partial charge in [0.05, 0.1) is 0 Å². The molecule has 21 heavy (non-hydrogen) atoms. The van der Waals surface area contributed by atoms with Crippen LogP contribution in [-0.4, -0.2) is 25.3 Å². The lowest BCUT2D eigenvalue weighted by atomic mass is 9.94. The van der Waals surface area contributed by atoms with Crippen molar-refractivity contribution in [2.75, 3.05) is 6.54 Å². The minimum Gasteiger partial charge on any atom is -0.207 e. The van der Waals surface area contributed by atoms with Crippen molar-refractivity contribution in [1.29, 1.82) is 0 Å². The van der Waals surface area contributed by atoms with E-state index in [4.69, 9.17) is 11.6 Å². The fourth-order valence-electron chi connectivity index (χ4n) is 2.65. The number of hydrogen-bond donors (Lipinski definition) is 0. The lowest BCUT2D eigenvalue weighted by molar-refractivity contribution is 0.201. The van der Waals surface area contributed by atoms with Crippen LogP contribution >= 0.6 is 11.6 Å². The van der Waals surface area contributed by atoms with Crippen molar-refractivity contribution < 1.29 is 17.2 Å². The van der Waals surface area contributed by atoms with Crippen molar-refractivity contribution in [2.24, 2.45) is 5.92 Å². The second-order valence-electron chi connectivity index (χ2n) is 5.50. The molecular weight excluding hydrogens is 320 g/mol. The Hall–Kier alpha value is -0.720. The van der Waals surface area contributed by atoms with E-state index in [1.54, 1.807) is 6.92 Å². The molecule has 1 aromatic rings. The molecule has 0 saturated carbocycles. The highest BCUT2D eigenvalue weighted by Crippen LogP contribution is 2.31. The molecule has 0 N–H and O–H groups in total. The molecule has 1 fully saturated rings. The van der Waals surface area contributed by atoms with Crippen LogP contribution in [0.3, 0.4) is 0 Å². The third-order valence-electron chi connectivity index (χ3n) is 4.11. The summed E-state index contributed by atoms with van der Waals surface area (Å²) in [6.45, 7) is 4.07. The zero-order valence-corrected chi connectivity index (χ0v) is 13.5. The number of hydrogen-bond acceptors (Lipinski definition) is 2. The average molecular weight is 338 g/mol. The standard InChI is InChI=1S/C14H18ClF2NO2S/c1-9-4-3-5-18(10(9)2)21(19,20)13-7-11(8-15)6-12(16)14(13)17/h6-7,9-10H,3-5,8H2,1-2H3. The Morgan fingerprint density at radius 1 is 1.33 bits per heavy atom. The van der Waals surface area contributed by atoms with E-state index >= 15 is 0 Å². The largest absolute Gasteiger partial charge is 0.246 e. The smallest absolute Gasteiger partial charge is 0.207 e. The highest BCUT2D eigenvalue weighted by molar-refractivity contribution is 7.89. The zero-order valence-electron chi connectivity index (χ0n) is 11.9. The number of sulfonamides is 1. The van der Waals surface area contributed by atoms with Crippen molar-refractivity contribution in [3.8, 4) is 0 Å². The van der Waals surface area contributed by atoms with Gasteiger partial charge in [-0.05, 0) is 43.4 Å². The van der Waals surface area contributed by atoms with Crippen LogP contribution in [0.25, 0.3) is 0 Å². The SMILES string of the molecule is CC1CCCN(S(=O)(=O)c2cc(CCl)cc(F)c2F)C1C. The van der Waals surface area contributed by atoms with Crippen molar-refractivity contribution >= 4 is 21.6 Å². The molecule has 0 radical (unpaired) electrons. The van der Waals surface area contributed by atoms with E-state index in [1.165, 1.54) is 4.31 Å². The predicted molar refractivity (Wildman–Crippen MR) is 77.7 cm³/mol. The van der Waals surface area contributed by atoms with E-state index in [0.717, 1.165) is 18.6 Å². The van der Waals surface area contributed by atoms with E-state index in [2.05, 4.69) is 0 Å². The second kappa shape index (κ2) is 6.18. The van der Waals surface area contributed by atoms with Gasteiger partial charge in [-0.15, -0.1) is 11.6 Å². The molecule has 0 aromatic heterocycles. The van der Waals surface area contributed by atoms with Gasteiger partial charge in [0, 0.05) is 18.5 Å². The van der Waals surface area contributed by atoms with Crippen LogP contribution < -0.4 is 0 Å². The molecule has 2 unspecified atom stereocenters. The number of piperidine rings is 1. The van der Waals surface area contributed by atoms with Crippen LogP contribution in [0.5, 0.6) is 0 Å². The Labute approximate surface area is 129 Å². The van der Waals surface area contributed by atoms with Gasteiger partial charge in [-0.1, -0.05) is 6.92 Å². The highest BCUT2D eigenvalue weighted by atomic mass is 35.5. The van der Waals surface area contributed by atoms with Gasteiger partial charge in [0.15, 0.2) is 11.6 Å². The van der Waals surface area contributed by atoms with Gasteiger partial charge in [-0.3, -0.25) is 0 Å². The van der Waals surface area contributed by atoms with Gasteiger partial charge in [0.25, 0.3) is 0 Å². The van der Waals surface area contributed by atoms with Gasteiger partial charge in [-0.2, -0.15) is 4.31 Å². The Morgan fingerprint density at radius 2 is 2.00 bits per heavy atom. The Balaban J connectivity index is 2.51. The minimum absolute atomic E-state index is 0.0777. The molecule has 0 aliphatic carbocycles. The van der Waals surface area contributed by atoms with Crippen molar-refractivity contribution in [3.63, 3.8) is 0 Å². The average Bonchev–Trinajstić information content (AvgIpc) is 2.44. The lowest BCUT2D eigenvalue weighted by Crippen LogP contribution is -2.46. The fourth-order valence-corrected chi connectivity index (χ4v) is 4.69. The molecule has 1 aliphatic rings. The number of rotatable bonds is 3. The second-order valence-corrected chi connectivity index (χ2v) is 7.63. The summed E-state index contributed by atoms with van der Waals surface area (Å²) >= 11 is 5.61. The summed E-state index contributed by atoms with van der Waals surface area (Å²) in [5.41, 5.74) is 0.242. The van der Waals surface area contributed by atoms with Gasteiger partial charge in [0.1, 0.15) is 4.90 Å². The maximum atomic E-state index is 14.0. The van der Waals surface area contributed by atoms with Gasteiger partial charge >= 0.3 is 0 Å². The normalized spacial score (nSPS) is 24.2. The minimum atomic E-state index is -4.07. The fraction of sp³-hybridized carbons (Fsp3) is 0.571. The van der Waals surface area contributed by atoms with Gasteiger partial charge < -0.3 is 0 Å². The maximum Gasteiger partial charge on any atom is 0.246 e. The van der Waals surface area contributed by atoms with Crippen LogP contribution in [0.1, 0.15) is 32.3 Å². The molecule has 7 heteroatoms. The number of halogens is 3. The molecule has 1 aromatic carbocycles. The Bertz CT molecular complexity index is 636. The van der Waals surface area contributed by atoms with Gasteiger partial charge in [0.2, 0.25) is 10.0 Å². The van der Waals surface area contributed by atoms with Crippen LogP contribution in [-0.2, 0) is 15.9 Å². The summed E-state index contributed by atoms with van der Waals surface area (Å²) in [6, 6.07) is 1.79. The molecule has 118 valence electrons. The number of alkyl halides is 1. The molecule has 0 amide bonds. The Morgan fingerprint density at radius 3 is 2.62 bits per heavy atom. The van der Waals surface area contributed by atoms with Crippen molar-refractivity contribution in [2.45, 2.75) is 43.5 Å². The summed E-state index contributed by atoms with van der Waals surface area (Å²) in [6.07, 6.45) is 1.63. The van der Waals surface area contributed by atoms with Crippen molar-refractivity contribution in [1.82, 2.24) is 4.31 Å². The predicted octanol–water partition coefficient (Wildman–Crippen LogP) is 3.51. The summed E-state index contributed by atoms with van der Waals surface area (Å²) in [5.74, 6) is -2.43. The zero-order chi connectivity index (χ0) is 15.8. The van der Waals surface area contributed by atoms with E-state index in [1.807, 2.05) is 6.92 Å². The van der Waals surface area contributed by atoms with Crippen molar-refractivity contribution in [3.05, 3.63) is 29.3 Å². The lowest BCUT2D eigenvalue weighted by Gasteiger charge is -2.36. The third-order valence-corrected chi connectivity index (χ3v) is 6.41. The number of nitrogens with zero attached hydrogens (tertiary/aromatic N) is 1. The monoisotopic (exact) mass is 337 g/mol. The van der Waals surface area contributed by atoms with E-state index in [-0.39, 0.29) is 23.4 Å². The van der Waals surface area contributed by atoms with E-state index in [0.29, 0.717) is 13.0 Å². The van der Waals surface area contributed by atoms with E-state index < -0.39 is 26.6 Å². The summed E-state index contributed by atoms with van der Waals surface area (Å²) in [7, 11) is -4.07. The van der Waals surface area contributed by atoms with E-state index in [9.17, 15) is 17.2 Å². The maximum absolute atomic E-state index is 14.0. The third kappa shape index (κ3) is 3.07. The molecule has 1 aliphatic heterocycles. The summed E-state index contributed by atoms with van der Waals surface area (Å²) in [5, 5.41) is 0. The van der Waals surface area contributed by atoms with Gasteiger partial charge in [-0.25, -0.2) is 17.2 Å². The van der Waals surface area contributed by atoms with Crippen LogP contribution in [0.15, 0.2) is 17.0 Å².